The first kappa shape index (κ1) is 12.2. The molecule has 2 rings (SSSR count). The molecule has 0 unspecified atom stereocenters. The van der Waals surface area contributed by atoms with E-state index in [0.717, 1.165) is 11.3 Å². The lowest BCUT2D eigenvalue weighted by Crippen LogP contribution is -2.03. The minimum absolute atomic E-state index is 0.680. The van der Waals surface area contributed by atoms with E-state index in [2.05, 4.69) is 21.0 Å². The molecule has 0 spiro atoms. The molecule has 0 bridgehead atoms. The van der Waals surface area contributed by atoms with Gasteiger partial charge in [-0.15, -0.1) is 0 Å². The topological polar surface area (TPSA) is 33.6 Å². The molecule has 0 aromatic carbocycles. The first-order valence-corrected chi connectivity index (χ1v) is 7.77. The summed E-state index contributed by atoms with van der Waals surface area (Å²) in [6.07, 6.45) is 8.55. The standard InChI is InChI=1S/C11H19N3S2/c1-16-8-4-2-3-7-14-10(9-5-6-9)12-13-11(14)15/h9H,2-8H2,1H3,(H,13,15). The number of nitrogens with one attached hydrogen (secondary N) is 1. The van der Waals surface area contributed by atoms with Gasteiger partial charge in [-0.3, -0.25) is 5.10 Å². The zero-order valence-electron chi connectivity index (χ0n) is 9.74. The van der Waals surface area contributed by atoms with Gasteiger partial charge in [-0.2, -0.15) is 16.9 Å². The normalized spacial score (nSPS) is 15.6. The van der Waals surface area contributed by atoms with E-state index in [1.807, 2.05) is 11.8 Å². The third kappa shape index (κ3) is 3.10. The van der Waals surface area contributed by atoms with E-state index >= 15 is 0 Å². The Balaban J connectivity index is 1.83. The first-order valence-electron chi connectivity index (χ1n) is 5.97. The molecule has 0 atom stereocenters. The second-order valence-electron chi connectivity index (χ2n) is 4.37. The van der Waals surface area contributed by atoms with E-state index < -0.39 is 0 Å². The van der Waals surface area contributed by atoms with Gasteiger partial charge in [0.1, 0.15) is 5.82 Å². The Morgan fingerprint density at radius 1 is 1.44 bits per heavy atom. The number of H-pyrrole nitrogens is 1. The quantitative estimate of drug-likeness (QED) is 0.601. The summed E-state index contributed by atoms with van der Waals surface area (Å²) < 4.78 is 3.00. The predicted molar refractivity (Wildman–Crippen MR) is 71.6 cm³/mol. The molecule has 1 saturated carbocycles. The van der Waals surface area contributed by atoms with Gasteiger partial charge in [0.05, 0.1) is 0 Å². The minimum atomic E-state index is 0.680. The highest BCUT2D eigenvalue weighted by atomic mass is 32.2. The molecule has 1 heterocycles. The molecular weight excluding hydrogens is 238 g/mol. The Hall–Kier alpha value is -0.290. The molecule has 1 aliphatic rings. The van der Waals surface area contributed by atoms with Crippen molar-refractivity contribution >= 4 is 24.0 Å². The third-order valence-corrected chi connectivity index (χ3v) is 3.97. The van der Waals surface area contributed by atoms with Gasteiger partial charge in [-0.25, -0.2) is 0 Å². The molecule has 1 fully saturated rings. The Morgan fingerprint density at radius 2 is 2.25 bits per heavy atom. The van der Waals surface area contributed by atoms with E-state index in [1.165, 1.54) is 43.7 Å². The van der Waals surface area contributed by atoms with Crippen LogP contribution in [0.2, 0.25) is 0 Å². The second-order valence-corrected chi connectivity index (χ2v) is 5.74. The summed E-state index contributed by atoms with van der Waals surface area (Å²) in [6.45, 7) is 1.04. The van der Waals surface area contributed by atoms with E-state index in [-0.39, 0.29) is 0 Å². The van der Waals surface area contributed by atoms with Gasteiger partial charge >= 0.3 is 0 Å². The molecule has 0 radical (unpaired) electrons. The van der Waals surface area contributed by atoms with Crippen molar-refractivity contribution in [2.75, 3.05) is 12.0 Å². The highest BCUT2D eigenvalue weighted by molar-refractivity contribution is 7.98. The zero-order valence-corrected chi connectivity index (χ0v) is 11.4. The molecule has 1 aromatic heterocycles. The van der Waals surface area contributed by atoms with E-state index in [0.29, 0.717) is 5.92 Å². The molecule has 1 aliphatic carbocycles. The summed E-state index contributed by atoms with van der Waals surface area (Å²) in [7, 11) is 0. The summed E-state index contributed by atoms with van der Waals surface area (Å²) in [5, 5.41) is 7.26. The number of nitrogens with zero attached hydrogens (tertiary/aromatic N) is 2. The molecule has 0 amide bonds. The Kier molecular flexibility index (Phi) is 4.46. The molecule has 16 heavy (non-hydrogen) atoms. The van der Waals surface area contributed by atoms with Gasteiger partial charge < -0.3 is 4.57 Å². The van der Waals surface area contributed by atoms with E-state index in [4.69, 9.17) is 12.2 Å². The van der Waals surface area contributed by atoms with Crippen LogP contribution in [-0.4, -0.2) is 26.8 Å². The number of aromatic amines is 1. The van der Waals surface area contributed by atoms with Crippen LogP contribution in [0.4, 0.5) is 0 Å². The van der Waals surface area contributed by atoms with Crippen LogP contribution in [0.5, 0.6) is 0 Å². The van der Waals surface area contributed by atoms with Crippen molar-refractivity contribution in [3.63, 3.8) is 0 Å². The predicted octanol–water partition coefficient (Wildman–Crippen LogP) is 3.35. The van der Waals surface area contributed by atoms with Crippen molar-refractivity contribution in [1.29, 1.82) is 0 Å². The van der Waals surface area contributed by atoms with Crippen LogP contribution in [0.25, 0.3) is 0 Å². The Bertz CT molecular complexity index is 379. The van der Waals surface area contributed by atoms with Crippen molar-refractivity contribution in [2.45, 2.75) is 44.6 Å². The van der Waals surface area contributed by atoms with Crippen LogP contribution in [0, 0.1) is 4.77 Å². The van der Waals surface area contributed by atoms with Gasteiger partial charge in [-0.1, -0.05) is 6.42 Å². The summed E-state index contributed by atoms with van der Waals surface area (Å²) in [5.41, 5.74) is 0. The average molecular weight is 257 g/mol. The van der Waals surface area contributed by atoms with Crippen molar-refractivity contribution in [1.82, 2.24) is 14.8 Å². The number of hydrogen-bond acceptors (Lipinski definition) is 3. The zero-order chi connectivity index (χ0) is 11.4. The molecular formula is C11H19N3S2. The van der Waals surface area contributed by atoms with Crippen molar-refractivity contribution in [3.05, 3.63) is 10.6 Å². The third-order valence-electron chi connectivity index (χ3n) is 2.96. The lowest BCUT2D eigenvalue weighted by Gasteiger charge is -2.05. The second kappa shape index (κ2) is 5.87. The number of aromatic nitrogens is 3. The van der Waals surface area contributed by atoms with Gasteiger partial charge in [0.15, 0.2) is 4.77 Å². The van der Waals surface area contributed by atoms with Crippen LogP contribution >= 0.6 is 24.0 Å². The lowest BCUT2D eigenvalue weighted by molar-refractivity contribution is 0.577. The molecule has 0 saturated heterocycles. The summed E-state index contributed by atoms with van der Waals surface area (Å²) in [4.78, 5) is 0. The number of thioether (sulfide) groups is 1. The van der Waals surface area contributed by atoms with E-state index in [1.54, 1.807) is 0 Å². The molecule has 0 aliphatic heterocycles. The van der Waals surface area contributed by atoms with Gasteiger partial charge in [-0.05, 0) is 49.9 Å². The average Bonchev–Trinajstić information content (AvgIpc) is 3.05. The summed E-state index contributed by atoms with van der Waals surface area (Å²) in [6, 6.07) is 0. The van der Waals surface area contributed by atoms with Crippen LogP contribution in [0.3, 0.4) is 0 Å². The molecule has 1 aromatic rings. The van der Waals surface area contributed by atoms with Gasteiger partial charge in [0.2, 0.25) is 0 Å². The number of rotatable bonds is 7. The maximum atomic E-state index is 5.26. The fourth-order valence-electron chi connectivity index (χ4n) is 1.89. The van der Waals surface area contributed by atoms with Gasteiger partial charge in [0, 0.05) is 12.5 Å². The maximum absolute atomic E-state index is 5.26. The Labute approximate surface area is 106 Å². The Morgan fingerprint density at radius 3 is 2.94 bits per heavy atom. The molecule has 3 nitrogen and oxygen atoms in total. The number of unbranched alkanes of at least 4 members (excludes halogenated alkanes) is 2. The van der Waals surface area contributed by atoms with Crippen LogP contribution in [0.1, 0.15) is 43.8 Å². The minimum Gasteiger partial charge on any atom is -0.304 e. The maximum Gasteiger partial charge on any atom is 0.195 e. The largest absolute Gasteiger partial charge is 0.304 e. The highest BCUT2D eigenvalue weighted by Crippen LogP contribution is 2.38. The number of hydrogen-bond donors (Lipinski definition) is 1. The van der Waals surface area contributed by atoms with Crippen LogP contribution in [0.15, 0.2) is 0 Å². The monoisotopic (exact) mass is 257 g/mol. The summed E-state index contributed by atoms with van der Waals surface area (Å²) >= 11 is 7.19. The SMILES string of the molecule is CSCCCCCn1c(C2CC2)n[nH]c1=S. The van der Waals surface area contributed by atoms with Crippen molar-refractivity contribution in [3.8, 4) is 0 Å². The van der Waals surface area contributed by atoms with E-state index in [9.17, 15) is 0 Å². The molecule has 5 heteroatoms. The fraction of sp³-hybridized carbons (Fsp3) is 0.818. The molecule has 90 valence electrons. The van der Waals surface area contributed by atoms with Crippen molar-refractivity contribution < 1.29 is 0 Å². The first-order chi connectivity index (χ1) is 7.83. The highest BCUT2D eigenvalue weighted by Gasteiger charge is 2.28. The van der Waals surface area contributed by atoms with Crippen molar-refractivity contribution in [2.24, 2.45) is 0 Å². The van der Waals surface area contributed by atoms with Crippen LogP contribution < -0.4 is 0 Å². The lowest BCUT2D eigenvalue weighted by atomic mass is 10.2. The smallest absolute Gasteiger partial charge is 0.195 e. The van der Waals surface area contributed by atoms with Crippen LogP contribution in [-0.2, 0) is 6.54 Å². The fourth-order valence-corrected chi connectivity index (χ4v) is 2.62. The summed E-state index contributed by atoms with van der Waals surface area (Å²) in [5.74, 6) is 3.14. The van der Waals surface area contributed by atoms with Gasteiger partial charge in [0.25, 0.3) is 0 Å². The molecule has 1 N–H and O–H groups in total.